The Morgan fingerprint density at radius 3 is 2.41 bits per heavy atom. The number of carbonyl (C=O) groups excluding carboxylic acids is 1. The van der Waals surface area contributed by atoms with Crippen LogP contribution in [0.25, 0.3) is 0 Å². The summed E-state index contributed by atoms with van der Waals surface area (Å²) in [4.78, 5) is 14.9. The van der Waals surface area contributed by atoms with Crippen molar-refractivity contribution < 1.29 is 19.0 Å². The molecule has 1 saturated heterocycles. The number of amides is 1. The molecule has 3 rings (SSSR count). The van der Waals surface area contributed by atoms with Gasteiger partial charge in [-0.2, -0.15) is 0 Å². The molecule has 1 aliphatic heterocycles. The highest BCUT2D eigenvalue weighted by Gasteiger charge is 2.20. The first-order valence-electron chi connectivity index (χ1n) is 10.6. The maximum absolute atomic E-state index is 12.7. The van der Waals surface area contributed by atoms with Crippen molar-refractivity contribution >= 4 is 52.2 Å². The second-order valence-electron chi connectivity index (χ2n) is 7.02. The number of nitrogens with one attached hydrogen (secondary N) is 1. The number of hydrogen-bond donors (Lipinski definition) is 1. The van der Waals surface area contributed by atoms with Gasteiger partial charge in [0, 0.05) is 41.0 Å². The van der Waals surface area contributed by atoms with Crippen LogP contribution in [0.1, 0.15) is 19.4 Å². The van der Waals surface area contributed by atoms with Gasteiger partial charge in [0.2, 0.25) is 5.91 Å². The van der Waals surface area contributed by atoms with E-state index >= 15 is 0 Å². The lowest BCUT2D eigenvalue weighted by atomic mass is 10.2. The summed E-state index contributed by atoms with van der Waals surface area (Å²) in [7, 11) is 0. The van der Waals surface area contributed by atoms with Gasteiger partial charge < -0.3 is 24.4 Å². The Hall–Kier alpha value is -1.80. The van der Waals surface area contributed by atoms with Gasteiger partial charge in [-0.25, -0.2) is 0 Å². The van der Waals surface area contributed by atoms with Gasteiger partial charge in [-0.05, 0) is 31.5 Å². The zero-order valence-electron chi connectivity index (χ0n) is 18.3. The predicted octanol–water partition coefficient (Wildman–Crippen LogP) is 5.50. The van der Waals surface area contributed by atoms with Crippen LogP contribution in [0.2, 0.25) is 10.0 Å². The molecule has 32 heavy (non-hydrogen) atoms. The van der Waals surface area contributed by atoms with Gasteiger partial charge in [0.05, 0.1) is 43.6 Å². The lowest BCUT2D eigenvalue weighted by Crippen LogP contribution is -2.36. The molecule has 0 aliphatic carbocycles. The van der Waals surface area contributed by atoms with Crippen molar-refractivity contribution in [3.8, 4) is 11.5 Å². The molecule has 1 heterocycles. The number of thioether (sulfide) groups is 1. The van der Waals surface area contributed by atoms with Gasteiger partial charge in [0.15, 0.2) is 0 Å². The molecular formula is C23H28Cl2N2O4S. The fraction of sp³-hybridized carbons (Fsp3) is 0.435. The molecule has 0 atom stereocenters. The van der Waals surface area contributed by atoms with Crippen molar-refractivity contribution in [2.24, 2.45) is 0 Å². The molecule has 9 heteroatoms. The van der Waals surface area contributed by atoms with Crippen molar-refractivity contribution in [2.75, 3.05) is 55.5 Å². The minimum atomic E-state index is -0.138. The van der Waals surface area contributed by atoms with Crippen LogP contribution in [0.4, 0.5) is 11.4 Å². The molecule has 0 radical (unpaired) electrons. The van der Waals surface area contributed by atoms with Crippen molar-refractivity contribution in [1.82, 2.24) is 0 Å². The second-order valence-corrected chi connectivity index (χ2v) is 8.82. The number of hydrogen-bond acceptors (Lipinski definition) is 6. The summed E-state index contributed by atoms with van der Waals surface area (Å²) in [5, 5.41) is 4.17. The van der Waals surface area contributed by atoms with E-state index in [0.717, 1.165) is 24.3 Å². The first-order valence-corrected chi connectivity index (χ1v) is 12.5. The third-order valence-electron chi connectivity index (χ3n) is 4.83. The molecule has 0 aromatic heterocycles. The Bertz CT molecular complexity index is 903. The topological polar surface area (TPSA) is 60.0 Å². The number of rotatable bonds is 10. The standard InChI is InChI=1S/C23H28Cl2N2O4S/c1-3-30-21-13-20(27-8-10-29-11-9-27)22(31-4-2)12-19(21)26-23(28)15-32-14-16-17(24)6-5-7-18(16)25/h5-7,12-13H,3-4,8-11,14-15H2,1-2H3,(H,26,28). The number of benzene rings is 2. The highest BCUT2D eigenvalue weighted by Crippen LogP contribution is 2.39. The molecule has 0 spiro atoms. The van der Waals surface area contributed by atoms with Crippen molar-refractivity contribution in [1.29, 1.82) is 0 Å². The normalized spacial score (nSPS) is 13.7. The van der Waals surface area contributed by atoms with E-state index in [4.69, 9.17) is 37.4 Å². The van der Waals surface area contributed by atoms with Gasteiger partial charge in [-0.3, -0.25) is 4.79 Å². The van der Waals surface area contributed by atoms with Crippen molar-refractivity contribution in [2.45, 2.75) is 19.6 Å². The third kappa shape index (κ3) is 6.61. The minimum Gasteiger partial charge on any atom is -0.492 e. The SMILES string of the molecule is CCOc1cc(N2CCOCC2)c(OCC)cc1NC(=O)CSCc1c(Cl)cccc1Cl. The first-order chi connectivity index (χ1) is 15.5. The Balaban J connectivity index is 1.72. The summed E-state index contributed by atoms with van der Waals surface area (Å²) in [6, 6.07) is 9.17. The van der Waals surface area contributed by atoms with Gasteiger partial charge in [0.1, 0.15) is 11.5 Å². The van der Waals surface area contributed by atoms with Crippen LogP contribution in [0, 0.1) is 0 Å². The zero-order valence-corrected chi connectivity index (χ0v) is 20.6. The van der Waals surface area contributed by atoms with Crippen LogP contribution >= 0.6 is 35.0 Å². The number of anilines is 2. The zero-order chi connectivity index (χ0) is 22.9. The second kappa shape index (κ2) is 12.4. The highest BCUT2D eigenvalue weighted by molar-refractivity contribution is 7.99. The van der Waals surface area contributed by atoms with E-state index in [0.29, 0.717) is 59.4 Å². The number of ether oxygens (including phenoxy) is 3. The Morgan fingerprint density at radius 2 is 1.75 bits per heavy atom. The summed E-state index contributed by atoms with van der Waals surface area (Å²) < 4.78 is 17.2. The highest BCUT2D eigenvalue weighted by atomic mass is 35.5. The van der Waals surface area contributed by atoms with E-state index in [1.54, 1.807) is 18.2 Å². The van der Waals surface area contributed by atoms with E-state index < -0.39 is 0 Å². The quantitative estimate of drug-likeness (QED) is 0.466. The van der Waals surface area contributed by atoms with Gasteiger partial charge >= 0.3 is 0 Å². The number of halogens is 2. The molecule has 1 fully saturated rings. The molecule has 1 amide bonds. The smallest absolute Gasteiger partial charge is 0.234 e. The molecule has 0 unspecified atom stereocenters. The Labute approximate surface area is 203 Å². The lowest BCUT2D eigenvalue weighted by molar-refractivity contribution is -0.113. The maximum Gasteiger partial charge on any atom is 0.234 e. The molecule has 1 N–H and O–H groups in total. The van der Waals surface area contributed by atoms with E-state index in [9.17, 15) is 4.79 Å². The molecular weight excluding hydrogens is 471 g/mol. The molecule has 2 aromatic rings. The molecule has 174 valence electrons. The largest absolute Gasteiger partial charge is 0.492 e. The van der Waals surface area contributed by atoms with E-state index in [2.05, 4.69) is 10.2 Å². The average Bonchev–Trinajstić information content (AvgIpc) is 2.78. The Kier molecular flexibility index (Phi) is 9.66. The van der Waals surface area contributed by atoms with Crippen LogP contribution in [0.3, 0.4) is 0 Å². The van der Waals surface area contributed by atoms with Crippen LogP contribution in [-0.4, -0.2) is 51.2 Å². The van der Waals surface area contributed by atoms with Crippen molar-refractivity contribution in [3.63, 3.8) is 0 Å². The number of nitrogens with zero attached hydrogens (tertiary/aromatic N) is 1. The fourth-order valence-corrected chi connectivity index (χ4v) is 4.91. The van der Waals surface area contributed by atoms with Crippen LogP contribution in [0.5, 0.6) is 11.5 Å². The lowest BCUT2D eigenvalue weighted by Gasteiger charge is -2.31. The number of carbonyl (C=O) groups is 1. The molecule has 1 aliphatic rings. The number of morpholine rings is 1. The van der Waals surface area contributed by atoms with Crippen LogP contribution in [-0.2, 0) is 15.3 Å². The van der Waals surface area contributed by atoms with E-state index in [1.807, 2.05) is 26.0 Å². The monoisotopic (exact) mass is 498 g/mol. The molecule has 0 bridgehead atoms. The minimum absolute atomic E-state index is 0.138. The van der Waals surface area contributed by atoms with Gasteiger partial charge in [0.25, 0.3) is 0 Å². The van der Waals surface area contributed by atoms with E-state index in [-0.39, 0.29) is 11.7 Å². The van der Waals surface area contributed by atoms with Gasteiger partial charge in [-0.15, -0.1) is 11.8 Å². The van der Waals surface area contributed by atoms with Crippen LogP contribution < -0.4 is 19.7 Å². The summed E-state index contributed by atoms with van der Waals surface area (Å²) in [6.07, 6.45) is 0. The van der Waals surface area contributed by atoms with E-state index in [1.165, 1.54) is 11.8 Å². The summed E-state index contributed by atoms with van der Waals surface area (Å²) >= 11 is 13.9. The average molecular weight is 499 g/mol. The summed E-state index contributed by atoms with van der Waals surface area (Å²) in [5.74, 6) is 1.99. The summed E-state index contributed by atoms with van der Waals surface area (Å²) in [6.45, 7) is 7.75. The Morgan fingerprint density at radius 1 is 1.09 bits per heavy atom. The maximum atomic E-state index is 12.7. The summed E-state index contributed by atoms with van der Waals surface area (Å²) in [5.41, 5.74) is 2.37. The van der Waals surface area contributed by atoms with Crippen LogP contribution in [0.15, 0.2) is 30.3 Å². The molecule has 6 nitrogen and oxygen atoms in total. The molecule has 0 saturated carbocycles. The first kappa shape index (κ1) is 24.8. The fourth-order valence-electron chi connectivity index (χ4n) is 3.35. The third-order valence-corrected chi connectivity index (χ3v) is 6.50. The predicted molar refractivity (Wildman–Crippen MR) is 133 cm³/mol. The molecule has 2 aromatic carbocycles. The van der Waals surface area contributed by atoms with Gasteiger partial charge in [-0.1, -0.05) is 29.3 Å². The van der Waals surface area contributed by atoms with Crippen molar-refractivity contribution in [3.05, 3.63) is 45.9 Å².